The highest BCUT2D eigenvalue weighted by atomic mass is 16.5. The van der Waals surface area contributed by atoms with Gasteiger partial charge in [-0.15, -0.1) is 0 Å². The van der Waals surface area contributed by atoms with Gasteiger partial charge in [0, 0.05) is 11.3 Å². The highest BCUT2D eigenvalue weighted by molar-refractivity contribution is 6.51. The van der Waals surface area contributed by atoms with E-state index in [2.05, 4.69) is 0 Å². The van der Waals surface area contributed by atoms with Gasteiger partial charge in [0.15, 0.2) is 0 Å². The van der Waals surface area contributed by atoms with Gasteiger partial charge in [0.25, 0.3) is 11.7 Å². The molecule has 0 bridgehead atoms. The number of hydrogen-bond donors (Lipinski definition) is 1. The first-order valence-corrected chi connectivity index (χ1v) is 11.0. The highest BCUT2D eigenvalue weighted by Gasteiger charge is 2.48. The first-order valence-electron chi connectivity index (χ1n) is 11.0. The molecule has 1 aromatic heterocycles. The van der Waals surface area contributed by atoms with Crippen LogP contribution in [0.1, 0.15) is 48.3 Å². The van der Waals surface area contributed by atoms with Gasteiger partial charge < -0.3 is 19.0 Å². The van der Waals surface area contributed by atoms with Crippen LogP contribution in [0.3, 0.4) is 0 Å². The lowest BCUT2D eigenvalue weighted by atomic mass is 9.92. The van der Waals surface area contributed by atoms with Gasteiger partial charge in [0.1, 0.15) is 29.1 Å². The monoisotopic (exact) mass is 461 g/mol. The Labute approximate surface area is 198 Å². The number of aryl methyl sites for hydroxylation is 1. The maximum absolute atomic E-state index is 13.3. The topological polar surface area (TPSA) is 89.2 Å². The minimum atomic E-state index is -0.924. The number of carbonyl (C=O) groups excluding carboxylic acids is 2. The SMILES string of the molecule is COc1ccc(N2C(=O)C(=O)/C(=C(/O)c3cc(C(C)C)c(OC)cc3C)C2c2ccco2)cc1. The maximum atomic E-state index is 13.3. The summed E-state index contributed by atoms with van der Waals surface area (Å²) < 4.78 is 16.3. The quantitative estimate of drug-likeness (QED) is 0.302. The molecule has 34 heavy (non-hydrogen) atoms. The maximum Gasteiger partial charge on any atom is 0.300 e. The number of benzene rings is 2. The van der Waals surface area contributed by atoms with E-state index in [1.807, 2.05) is 32.9 Å². The second kappa shape index (κ2) is 9.09. The summed E-state index contributed by atoms with van der Waals surface area (Å²) in [5, 5.41) is 11.5. The molecule has 176 valence electrons. The van der Waals surface area contributed by atoms with Crippen LogP contribution in [-0.4, -0.2) is 31.0 Å². The van der Waals surface area contributed by atoms with Crippen molar-refractivity contribution in [2.75, 3.05) is 19.1 Å². The predicted octanol–water partition coefficient (Wildman–Crippen LogP) is 5.35. The molecule has 2 aromatic carbocycles. The summed E-state index contributed by atoms with van der Waals surface area (Å²) in [5.74, 6) is 0.0176. The first kappa shape index (κ1) is 23.2. The number of methoxy groups -OCH3 is 2. The van der Waals surface area contributed by atoms with Crippen molar-refractivity contribution in [3.8, 4) is 11.5 Å². The zero-order valence-corrected chi connectivity index (χ0v) is 19.8. The smallest absolute Gasteiger partial charge is 0.300 e. The molecule has 4 rings (SSSR count). The largest absolute Gasteiger partial charge is 0.507 e. The minimum Gasteiger partial charge on any atom is -0.507 e. The average Bonchev–Trinajstić information content (AvgIpc) is 3.45. The number of furan rings is 1. The van der Waals surface area contributed by atoms with Crippen molar-refractivity contribution in [3.63, 3.8) is 0 Å². The van der Waals surface area contributed by atoms with E-state index in [-0.39, 0.29) is 17.3 Å². The number of ketones is 1. The van der Waals surface area contributed by atoms with Crippen LogP contribution in [0, 0.1) is 6.92 Å². The lowest BCUT2D eigenvalue weighted by Crippen LogP contribution is -2.29. The average molecular weight is 462 g/mol. The third-order valence-corrected chi connectivity index (χ3v) is 6.06. The Morgan fingerprint density at radius 2 is 1.76 bits per heavy atom. The summed E-state index contributed by atoms with van der Waals surface area (Å²) in [6.45, 7) is 5.86. The summed E-state index contributed by atoms with van der Waals surface area (Å²) >= 11 is 0. The van der Waals surface area contributed by atoms with Crippen LogP contribution in [0.2, 0.25) is 0 Å². The molecular weight excluding hydrogens is 434 g/mol. The number of aliphatic hydroxyl groups is 1. The van der Waals surface area contributed by atoms with Crippen LogP contribution >= 0.6 is 0 Å². The number of carbonyl (C=O) groups is 2. The molecule has 7 heteroatoms. The minimum absolute atomic E-state index is 0.0289. The van der Waals surface area contributed by atoms with Crippen LogP contribution in [0.25, 0.3) is 5.76 Å². The van der Waals surface area contributed by atoms with E-state index in [0.717, 1.165) is 5.56 Å². The van der Waals surface area contributed by atoms with Crippen molar-refractivity contribution in [1.29, 1.82) is 0 Å². The van der Waals surface area contributed by atoms with Gasteiger partial charge in [-0.05, 0) is 72.5 Å². The Morgan fingerprint density at radius 3 is 2.32 bits per heavy atom. The van der Waals surface area contributed by atoms with E-state index < -0.39 is 17.7 Å². The van der Waals surface area contributed by atoms with Crippen molar-refractivity contribution in [2.45, 2.75) is 32.7 Å². The fourth-order valence-electron chi connectivity index (χ4n) is 4.28. The van der Waals surface area contributed by atoms with Gasteiger partial charge in [-0.25, -0.2) is 0 Å². The lowest BCUT2D eigenvalue weighted by Gasteiger charge is -2.24. The van der Waals surface area contributed by atoms with Crippen LogP contribution in [0.15, 0.2) is 64.8 Å². The molecule has 0 aliphatic carbocycles. The molecule has 1 N–H and O–H groups in total. The number of Topliss-reactive ketones (excluding diaryl/α,β-unsaturated/α-hetero) is 1. The van der Waals surface area contributed by atoms with Gasteiger partial charge in [-0.2, -0.15) is 0 Å². The Morgan fingerprint density at radius 1 is 1.06 bits per heavy atom. The van der Waals surface area contributed by atoms with E-state index in [1.54, 1.807) is 50.6 Å². The zero-order chi connectivity index (χ0) is 24.6. The second-order valence-electron chi connectivity index (χ2n) is 8.45. The number of hydrogen-bond acceptors (Lipinski definition) is 6. The molecule has 1 amide bonds. The molecule has 1 unspecified atom stereocenters. The fourth-order valence-corrected chi connectivity index (χ4v) is 4.28. The first-order chi connectivity index (χ1) is 16.3. The number of rotatable bonds is 6. The molecule has 7 nitrogen and oxygen atoms in total. The molecule has 0 radical (unpaired) electrons. The van der Waals surface area contributed by atoms with Crippen LogP contribution < -0.4 is 14.4 Å². The molecule has 1 fully saturated rings. The molecular formula is C27H27NO6. The molecule has 1 aliphatic rings. The summed E-state index contributed by atoms with van der Waals surface area (Å²) in [4.78, 5) is 27.8. The molecule has 2 heterocycles. The number of aliphatic hydroxyl groups excluding tert-OH is 1. The Hall–Kier alpha value is -4.00. The van der Waals surface area contributed by atoms with Gasteiger partial charge in [-0.1, -0.05) is 13.8 Å². The van der Waals surface area contributed by atoms with E-state index in [1.165, 1.54) is 11.2 Å². The van der Waals surface area contributed by atoms with Crippen molar-refractivity contribution < 1.29 is 28.6 Å². The van der Waals surface area contributed by atoms with Gasteiger partial charge in [0.2, 0.25) is 0 Å². The Balaban J connectivity index is 1.93. The van der Waals surface area contributed by atoms with E-state index in [9.17, 15) is 14.7 Å². The van der Waals surface area contributed by atoms with Crippen LogP contribution in [-0.2, 0) is 9.59 Å². The predicted molar refractivity (Wildman–Crippen MR) is 128 cm³/mol. The third-order valence-electron chi connectivity index (χ3n) is 6.06. The molecule has 1 aliphatic heterocycles. The standard InChI is InChI=1S/C27H27NO6/c1-15(2)19-14-20(16(3)13-22(19)33-5)25(29)23-24(21-7-6-12-34-21)28(27(31)26(23)30)17-8-10-18(32-4)11-9-17/h6-15,24,29H,1-5H3/b25-23+. The number of amides is 1. The lowest BCUT2D eigenvalue weighted by molar-refractivity contribution is -0.132. The third kappa shape index (κ3) is 3.83. The molecule has 0 saturated carbocycles. The Kier molecular flexibility index (Phi) is 6.20. The fraction of sp³-hybridized carbons (Fsp3) is 0.259. The zero-order valence-electron chi connectivity index (χ0n) is 19.8. The van der Waals surface area contributed by atoms with Gasteiger partial charge in [-0.3, -0.25) is 14.5 Å². The van der Waals surface area contributed by atoms with Gasteiger partial charge >= 0.3 is 0 Å². The van der Waals surface area contributed by atoms with Crippen LogP contribution in [0.5, 0.6) is 11.5 Å². The van der Waals surface area contributed by atoms with Crippen molar-refractivity contribution in [1.82, 2.24) is 0 Å². The van der Waals surface area contributed by atoms with Crippen molar-refractivity contribution in [3.05, 3.63) is 82.8 Å². The molecule has 3 aromatic rings. The van der Waals surface area contributed by atoms with E-state index >= 15 is 0 Å². The number of ether oxygens (including phenoxy) is 2. The van der Waals surface area contributed by atoms with Crippen molar-refractivity contribution in [2.24, 2.45) is 0 Å². The van der Waals surface area contributed by atoms with E-state index in [0.29, 0.717) is 34.1 Å². The summed E-state index contributed by atoms with van der Waals surface area (Å²) in [5.41, 5.74) is 2.52. The number of anilines is 1. The normalized spacial score (nSPS) is 17.5. The molecule has 0 spiro atoms. The second-order valence-corrected chi connectivity index (χ2v) is 8.45. The van der Waals surface area contributed by atoms with Crippen molar-refractivity contribution >= 4 is 23.1 Å². The highest BCUT2D eigenvalue weighted by Crippen LogP contribution is 2.43. The van der Waals surface area contributed by atoms with Crippen LogP contribution in [0.4, 0.5) is 5.69 Å². The summed E-state index contributed by atoms with van der Waals surface area (Å²) in [7, 11) is 3.14. The summed E-state index contributed by atoms with van der Waals surface area (Å²) in [6.07, 6.45) is 1.47. The van der Waals surface area contributed by atoms with Gasteiger partial charge in [0.05, 0.1) is 26.1 Å². The number of nitrogens with zero attached hydrogens (tertiary/aromatic N) is 1. The van der Waals surface area contributed by atoms with E-state index in [4.69, 9.17) is 13.9 Å². The summed E-state index contributed by atoms with van der Waals surface area (Å²) in [6, 6.07) is 12.9. The molecule has 1 atom stereocenters. The molecule has 1 saturated heterocycles. The Bertz CT molecular complexity index is 1260.